The lowest BCUT2D eigenvalue weighted by molar-refractivity contribution is 0.327. The smallest absolute Gasteiger partial charge is 0.255 e. The van der Waals surface area contributed by atoms with E-state index in [-0.39, 0.29) is 5.56 Å². The van der Waals surface area contributed by atoms with Gasteiger partial charge in [-0.25, -0.2) is 0 Å². The van der Waals surface area contributed by atoms with Crippen LogP contribution in [0, 0.1) is 6.07 Å². The Morgan fingerprint density at radius 2 is 2.24 bits per heavy atom. The first-order valence-electron chi connectivity index (χ1n) is 5.34. The van der Waals surface area contributed by atoms with E-state index in [0.29, 0.717) is 18.9 Å². The van der Waals surface area contributed by atoms with Crippen molar-refractivity contribution in [1.82, 2.24) is 4.57 Å². The molecule has 0 saturated carbocycles. The third-order valence-corrected chi connectivity index (χ3v) is 2.23. The Bertz CT molecular complexity index is 549. The molecule has 2 rings (SSSR count). The second kappa shape index (κ2) is 5.32. The van der Waals surface area contributed by atoms with Gasteiger partial charge in [-0.1, -0.05) is 6.07 Å². The third-order valence-electron chi connectivity index (χ3n) is 2.23. The standard InChI is InChI=1S/C13H13N2O2/c14-7-9-17-12-5-3-4-11(10-12)15-8-2-1-6-13(15)16/h1-4,6,8,10H,7,9,14H2. The van der Waals surface area contributed by atoms with Gasteiger partial charge in [-0.3, -0.25) is 9.36 Å². The molecule has 0 fully saturated rings. The Kier molecular flexibility index (Phi) is 3.57. The molecule has 1 aromatic heterocycles. The molecule has 2 aromatic rings. The summed E-state index contributed by atoms with van der Waals surface area (Å²) in [6.45, 7) is 0.882. The molecule has 4 nitrogen and oxygen atoms in total. The van der Waals surface area contributed by atoms with Gasteiger partial charge in [0.25, 0.3) is 5.56 Å². The molecule has 0 spiro atoms. The predicted molar refractivity (Wildman–Crippen MR) is 65.4 cm³/mol. The third kappa shape index (κ3) is 2.73. The lowest BCUT2D eigenvalue weighted by atomic mass is 10.3. The van der Waals surface area contributed by atoms with Crippen LogP contribution in [0.15, 0.2) is 47.4 Å². The van der Waals surface area contributed by atoms with Gasteiger partial charge < -0.3 is 10.5 Å². The minimum Gasteiger partial charge on any atom is -0.492 e. The van der Waals surface area contributed by atoms with Crippen LogP contribution in [0.4, 0.5) is 0 Å². The summed E-state index contributed by atoms with van der Waals surface area (Å²) in [5.41, 5.74) is 6.03. The van der Waals surface area contributed by atoms with E-state index >= 15 is 0 Å². The molecule has 0 bridgehead atoms. The number of hydrogen-bond acceptors (Lipinski definition) is 3. The van der Waals surface area contributed by atoms with Crippen molar-refractivity contribution in [2.24, 2.45) is 5.73 Å². The van der Waals surface area contributed by atoms with Gasteiger partial charge in [0.1, 0.15) is 12.4 Å². The van der Waals surface area contributed by atoms with Crippen molar-refractivity contribution in [2.75, 3.05) is 13.2 Å². The second-order valence-corrected chi connectivity index (χ2v) is 3.46. The number of benzene rings is 1. The average molecular weight is 229 g/mol. The van der Waals surface area contributed by atoms with Gasteiger partial charge in [-0.2, -0.15) is 0 Å². The molecule has 1 heterocycles. The first-order chi connectivity index (χ1) is 8.31. The van der Waals surface area contributed by atoms with E-state index in [4.69, 9.17) is 10.5 Å². The van der Waals surface area contributed by atoms with Crippen molar-refractivity contribution in [3.8, 4) is 11.4 Å². The molecule has 2 N–H and O–H groups in total. The molecule has 0 amide bonds. The van der Waals surface area contributed by atoms with Crippen LogP contribution in [0.5, 0.6) is 5.75 Å². The molecule has 1 radical (unpaired) electrons. The van der Waals surface area contributed by atoms with Crippen LogP contribution in [0.25, 0.3) is 5.69 Å². The van der Waals surface area contributed by atoms with Gasteiger partial charge in [-0.05, 0) is 18.2 Å². The Hall–Kier alpha value is -2.07. The number of pyridine rings is 1. The Morgan fingerprint density at radius 3 is 3.00 bits per heavy atom. The topological polar surface area (TPSA) is 57.2 Å². The highest BCUT2D eigenvalue weighted by molar-refractivity contribution is 5.38. The van der Waals surface area contributed by atoms with E-state index in [1.165, 1.54) is 6.07 Å². The first kappa shape index (κ1) is 11.4. The van der Waals surface area contributed by atoms with E-state index in [1.54, 1.807) is 41.1 Å². The summed E-state index contributed by atoms with van der Waals surface area (Å²) in [7, 11) is 0. The van der Waals surface area contributed by atoms with Gasteiger partial charge in [0.2, 0.25) is 0 Å². The number of nitrogens with two attached hydrogens (primary N) is 1. The highest BCUT2D eigenvalue weighted by Crippen LogP contribution is 2.14. The number of nitrogens with zero attached hydrogens (tertiary/aromatic N) is 1. The largest absolute Gasteiger partial charge is 0.492 e. The molecule has 1 aromatic carbocycles. The van der Waals surface area contributed by atoms with E-state index in [9.17, 15) is 4.79 Å². The van der Waals surface area contributed by atoms with Crippen molar-refractivity contribution >= 4 is 0 Å². The minimum atomic E-state index is -0.0801. The summed E-state index contributed by atoms with van der Waals surface area (Å²) >= 11 is 0. The molecule has 0 aliphatic carbocycles. The Labute approximate surface area is 99.3 Å². The van der Waals surface area contributed by atoms with Crippen molar-refractivity contribution in [3.63, 3.8) is 0 Å². The Morgan fingerprint density at radius 1 is 1.35 bits per heavy atom. The first-order valence-corrected chi connectivity index (χ1v) is 5.34. The lowest BCUT2D eigenvalue weighted by Gasteiger charge is -2.08. The van der Waals surface area contributed by atoms with Crippen LogP contribution in [-0.4, -0.2) is 17.7 Å². The van der Waals surface area contributed by atoms with Gasteiger partial charge in [0.15, 0.2) is 0 Å². The van der Waals surface area contributed by atoms with Crippen LogP contribution in [-0.2, 0) is 0 Å². The molecule has 0 aliphatic rings. The van der Waals surface area contributed by atoms with Gasteiger partial charge in [-0.15, -0.1) is 0 Å². The summed E-state index contributed by atoms with van der Waals surface area (Å²) in [6, 6.07) is 13.2. The summed E-state index contributed by atoms with van der Waals surface area (Å²) in [5, 5.41) is 0. The second-order valence-electron chi connectivity index (χ2n) is 3.46. The van der Waals surface area contributed by atoms with Crippen LogP contribution >= 0.6 is 0 Å². The van der Waals surface area contributed by atoms with Gasteiger partial charge in [0, 0.05) is 30.9 Å². The highest BCUT2D eigenvalue weighted by atomic mass is 16.5. The monoisotopic (exact) mass is 229 g/mol. The summed E-state index contributed by atoms with van der Waals surface area (Å²) in [4.78, 5) is 11.6. The van der Waals surface area contributed by atoms with Crippen molar-refractivity contribution in [3.05, 3.63) is 59.0 Å². The van der Waals surface area contributed by atoms with E-state index in [1.807, 2.05) is 0 Å². The number of rotatable bonds is 4. The lowest BCUT2D eigenvalue weighted by Crippen LogP contribution is -2.15. The fourth-order valence-corrected chi connectivity index (χ4v) is 1.48. The minimum absolute atomic E-state index is 0.0801. The van der Waals surface area contributed by atoms with Gasteiger partial charge >= 0.3 is 0 Å². The van der Waals surface area contributed by atoms with Crippen molar-refractivity contribution in [2.45, 2.75) is 0 Å². The van der Waals surface area contributed by atoms with Crippen molar-refractivity contribution < 1.29 is 4.74 Å². The van der Waals surface area contributed by atoms with Crippen LogP contribution < -0.4 is 16.0 Å². The molecule has 4 heteroatoms. The molecule has 0 saturated heterocycles. The summed E-state index contributed by atoms with van der Waals surface area (Å²) < 4.78 is 6.91. The van der Waals surface area contributed by atoms with Gasteiger partial charge in [0.05, 0.1) is 5.69 Å². The summed E-state index contributed by atoms with van der Waals surface area (Å²) in [5.74, 6) is 0.587. The fourth-order valence-electron chi connectivity index (χ4n) is 1.48. The maximum atomic E-state index is 11.6. The number of aromatic nitrogens is 1. The number of ether oxygens (including phenoxy) is 1. The zero-order valence-electron chi connectivity index (χ0n) is 9.30. The SMILES string of the molecule is NCCOc1[c]ccc(-n2ccccc2=O)c1. The van der Waals surface area contributed by atoms with Crippen LogP contribution in [0.2, 0.25) is 0 Å². The summed E-state index contributed by atoms with van der Waals surface area (Å²) in [6.07, 6.45) is 1.71. The molecular weight excluding hydrogens is 216 g/mol. The zero-order chi connectivity index (χ0) is 12.1. The van der Waals surface area contributed by atoms with E-state index in [0.717, 1.165) is 5.69 Å². The van der Waals surface area contributed by atoms with Crippen molar-refractivity contribution in [1.29, 1.82) is 0 Å². The predicted octanol–water partition coefficient (Wildman–Crippen LogP) is 0.975. The average Bonchev–Trinajstić information content (AvgIpc) is 2.37. The van der Waals surface area contributed by atoms with Crippen LogP contribution in [0.3, 0.4) is 0 Å². The quantitative estimate of drug-likeness (QED) is 0.850. The molecule has 87 valence electrons. The molecule has 0 aliphatic heterocycles. The maximum Gasteiger partial charge on any atom is 0.255 e. The molecule has 0 atom stereocenters. The number of hydrogen-bond donors (Lipinski definition) is 1. The maximum absolute atomic E-state index is 11.6. The van der Waals surface area contributed by atoms with E-state index < -0.39 is 0 Å². The molecule has 0 unspecified atom stereocenters. The molecular formula is C13H13N2O2. The van der Waals surface area contributed by atoms with E-state index in [2.05, 4.69) is 6.07 Å². The van der Waals surface area contributed by atoms with Crippen LogP contribution in [0.1, 0.15) is 0 Å². The molecule has 17 heavy (non-hydrogen) atoms. The zero-order valence-corrected chi connectivity index (χ0v) is 9.30. The normalized spacial score (nSPS) is 10.2. The highest BCUT2D eigenvalue weighted by Gasteiger charge is 2.00. The Balaban J connectivity index is 2.33. The fraction of sp³-hybridized carbons (Fsp3) is 0.154.